The molecule has 0 aliphatic carbocycles. The number of nitrogens with zero attached hydrogens (tertiary/aromatic N) is 5. The Morgan fingerprint density at radius 3 is 0.771 bits per heavy atom. The molecule has 0 amide bonds. The van der Waals surface area contributed by atoms with Crippen LogP contribution in [0.3, 0.4) is 0 Å². The van der Waals surface area contributed by atoms with Crippen LogP contribution >= 0.6 is 0 Å². The van der Waals surface area contributed by atoms with Gasteiger partial charge >= 0.3 is 0 Å². The van der Waals surface area contributed by atoms with Crippen LogP contribution in [-0.4, -0.2) is 0 Å². The lowest BCUT2D eigenvalue weighted by atomic mass is 9.92. The summed E-state index contributed by atoms with van der Waals surface area (Å²) in [6.07, 6.45) is 0. The first-order valence-corrected chi connectivity index (χ1v) is 23.1. The van der Waals surface area contributed by atoms with Gasteiger partial charge in [-0.3, -0.25) is 0 Å². The van der Waals surface area contributed by atoms with Gasteiger partial charge in [0, 0.05) is 5.56 Å². The predicted molar refractivity (Wildman–Crippen MR) is 276 cm³/mol. The molecule has 0 radical (unpaired) electrons. The summed E-state index contributed by atoms with van der Waals surface area (Å²) in [5, 5.41) is 10.3. The van der Waals surface area contributed by atoms with Crippen LogP contribution < -0.4 is 38.5 Å². The van der Waals surface area contributed by atoms with E-state index in [9.17, 15) is 5.26 Å². The number of ether oxygens (including phenoxy) is 4. The summed E-state index contributed by atoms with van der Waals surface area (Å²) in [6, 6.07) is 78.1. The zero-order valence-electron chi connectivity index (χ0n) is 37.2. The van der Waals surface area contributed by atoms with Gasteiger partial charge in [0.15, 0.2) is 46.0 Å². The van der Waals surface area contributed by atoms with E-state index in [1.165, 1.54) is 0 Å². The van der Waals surface area contributed by atoms with Gasteiger partial charge in [0.1, 0.15) is 0 Å². The van der Waals surface area contributed by atoms with Crippen molar-refractivity contribution < 1.29 is 18.9 Å². The fourth-order valence-electron chi connectivity index (χ4n) is 10.2. The van der Waals surface area contributed by atoms with Crippen LogP contribution in [0.15, 0.2) is 224 Å². The molecule has 9 nitrogen and oxygen atoms in total. The number of nitriles is 1. The first kappa shape index (κ1) is 39.3. The van der Waals surface area contributed by atoms with Crippen molar-refractivity contribution in [2.45, 2.75) is 0 Å². The van der Waals surface area contributed by atoms with E-state index in [1.54, 1.807) is 0 Å². The maximum absolute atomic E-state index is 10.3. The molecule has 70 heavy (non-hydrogen) atoms. The molecular formula is C61H37N5O4. The van der Waals surface area contributed by atoms with Gasteiger partial charge in [0.05, 0.1) is 79.9 Å². The second-order valence-corrected chi connectivity index (χ2v) is 17.2. The molecule has 0 bridgehead atoms. The van der Waals surface area contributed by atoms with Crippen LogP contribution in [0.2, 0.25) is 0 Å². The van der Waals surface area contributed by atoms with Gasteiger partial charge in [0.2, 0.25) is 0 Å². The molecule has 0 unspecified atom stereocenters. The van der Waals surface area contributed by atoms with Gasteiger partial charge in [-0.25, -0.2) is 0 Å². The molecule has 10 aromatic rings. The maximum atomic E-state index is 10.3. The number of anilines is 12. The minimum absolute atomic E-state index is 0.541. The minimum Gasteiger partial charge on any atom is -0.453 e. The molecular weight excluding hydrogens is 867 g/mol. The number of hydrogen-bond donors (Lipinski definition) is 0. The lowest BCUT2D eigenvalue weighted by Gasteiger charge is -2.44. The number of fused-ring (bicyclic) bond motifs is 8. The average Bonchev–Trinajstić information content (AvgIpc) is 3.42. The molecule has 4 aliphatic heterocycles. The summed E-state index contributed by atoms with van der Waals surface area (Å²) in [5.74, 6) is 5.62. The topological polar surface area (TPSA) is 73.7 Å². The molecule has 4 aliphatic rings. The van der Waals surface area contributed by atoms with Crippen LogP contribution in [0.1, 0.15) is 5.56 Å². The van der Waals surface area contributed by atoms with E-state index in [0.717, 1.165) is 79.4 Å². The number of para-hydroxylation sites is 16. The number of hydrogen-bond acceptors (Lipinski definition) is 9. The number of rotatable bonds is 5. The van der Waals surface area contributed by atoms with E-state index < -0.39 is 0 Å². The van der Waals surface area contributed by atoms with Crippen LogP contribution in [0, 0.1) is 11.3 Å². The van der Waals surface area contributed by atoms with Crippen molar-refractivity contribution in [2.24, 2.45) is 0 Å². The van der Waals surface area contributed by atoms with Gasteiger partial charge in [-0.05, 0) is 121 Å². The van der Waals surface area contributed by atoms with Crippen molar-refractivity contribution >= 4 is 68.2 Å². The lowest BCUT2D eigenvalue weighted by molar-refractivity contribution is 0.475. The van der Waals surface area contributed by atoms with Crippen molar-refractivity contribution in [1.29, 1.82) is 5.26 Å². The van der Waals surface area contributed by atoms with Crippen molar-refractivity contribution in [2.75, 3.05) is 19.6 Å². The Morgan fingerprint density at radius 2 is 0.514 bits per heavy atom. The molecule has 14 rings (SSSR count). The molecule has 0 saturated carbocycles. The van der Waals surface area contributed by atoms with Crippen molar-refractivity contribution in [3.63, 3.8) is 0 Å². The lowest BCUT2D eigenvalue weighted by Crippen LogP contribution is -2.26. The fourth-order valence-corrected chi connectivity index (χ4v) is 10.2. The van der Waals surface area contributed by atoms with Gasteiger partial charge in [-0.2, -0.15) is 5.26 Å². The third kappa shape index (κ3) is 5.97. The van der Waals surface area contributed by atoms with E-state index in [1.807, 2.05) is 109 Å². The Bertz CT molecular complexity index is 3410. The van der Waals surface area contributed by atoms with Crippen LogP contribution in [0.5, 0.6) is 46.0 Å². The average molecular weight is 904 g/mol. The van der Waals surface area contributed by atoms with Crippen LogP contribution in [0.4, 0.5) is 68.2 Å². The van der Waals surface area contributed by atoms with E-state index in [4.69, 9.17) is 18.9 Å². The SMILES string of the molecule is N#Cc1ccc(-c2c(N3c4ccccc4Oc4ccccc43)c(N3c4ccccc4Oc4ccccc43)cc(N3c4ccccc4Oc4ccccc43)c2N2c3ccccc3Oc3ccccc32)cc1. The molecule has 0 atom stereocenters. The van der Waals surface area contributed by atoms with E-state index in [2.05, 4.69) is 141 Å². The molecule has 0 N–H and O–H groups in total. The first-order valence-electron chi connectivity index (χ1n) is 23.1. The molecule has 0 saturated heterocycles. The monoisotopic (exact) mass is 903 g/mol. The Labute approximate surface area is 403 Å². The Hall–Kier alpha value is -9.91. The molecule has 0 aromatic heterocycles. The summed E-state index contributed by atoms with van der Waals surface area (Å²) < 4.78 is 27.1. The van der Waals surface area contributed by atoms with Crippen molar-refractivity contribution in [1.82, 2.24) is 0 Å². The third-order valence-electron chi connectivity index (χ3n) is 13.2. The van der Waals surface area contributed by atoms with Crippen molar-refractivity contribution in [3.05, 3.63) is 230 Å². The highest BCUT2D eigenvalue weighted by Crippen LogP contribution is 2.66. The molecule has 0 fully saturated rings. The maximum Gasteiger partial charge on any atom is 0.151 e. The van der Waals surface area contributed by atoms with Gasteiger partial charge in [-0.1, -0.05) is 109 Å². The molecule has 9 heteroatoms. The van der Waals surface area contributed by atoms with Crippen LogP contribution in [-0.2, 0) is 0 Å². The summed E-state index contributed by atoms with van der Waals surface area (Å²) in [6.45, 7) is 0. The van der Waals surface area contributed by atoms with Gasteiger partial charge < -0.3 is 38.5 Å². The van der Waals surface area contributed by atoms with E-state index >= 15 is 0 Å². The summed E-state index contributed by atoms with van der Waals surface area (Å²) in [4.78, 5) is 9.32. The Morgan fingerprint density at radius 1 is 0.271 bits per heavy atom. The smallest absolute Gasteiger partial charge is 0.151 e. The Balaban J connectivity index is 1.24. The van der Waals surface area contributed by atoms with Crippen molar-refractivity contribution in [3.8, 4) is 63.2 Å². The standard InChI is InChI=1S/C61H37N5O4/c62-38-39-33-35-40(36-34-39)59-60(65-45-21-5-13-29-55(45)69-56-30-14-6-22-46(56)65)49(63-41-17-1-9-25-51(41)67-52-26-10-2-18-42(52)63)37-50(64-43-19-3-11-27-53(43)68-54-28-12-4-20-44(54)64)61(59)66-47-23-7-15-31-57(47)70-58-32-16-8-24-48(58)66/h1-37H. The highest BCUT2D eigenvalue weighted by molar-refractivity contribution is 6.14. The summed E-state index contributed by atoms with van der Waals surface area (Å²) >= 11 is 0. The van der Waals surface area contributed by atoms with E-state index in [-0.39, 0.29) is 0 Å². The second kappa shape index (κ2) is 15.6. The van der Waals surface area contributed by atoms with Gasteiger partial charge in [0.25, 0.3) is 0 Å². The predicted octanol–water partition coefficient (Wildman–Crippen LogP) is 17.5. The summed E-state index contributed by atoms with van der Waals surface area (Å²) in [7, 11) is 0. The third-order valence-corrected chi connectivity index (χ3v) is 13.2. The first-order chi connectivity index (χ1) is 34.7. The normalized spacial score (nSPS) is 13.2. The quantitative estimate of drug-likeness (QED) is 0.168. The highest BCUT2D eigenvalue weighted by Gasteiger charge is 2.41. The van der Waals surface area contributed by atoms with Crippen LogP contribution in [0.25, 0.3) is 11.1 Å². The Kier molecular flexibility index (Phi) is 8.75. The minimum atomic E-state index is 0.541. The largest absolute Gasteiger partial charge is 0.453 e. The molecule has 10 aromatic carbocycles. The highest BCUT2D eigenvalue weighted by atomic mass is 16.5. The second-order valence-electron chi connectivity index (χ2n) is 17.2. The number of benzene rings is 10. The molecule has 4 heterocycles. The van der Waals surface area contributed by atoms with E-state index in [0.29, 0.717) is 51.6 Å². The zero-order valence-corrected chi connectivity index (χ0v) is 37.2. The van der Waals surface area contributed by atoms with Gasteiger partial charge in [-0.15, -0.1) is 0 Å². The molecule has 330 valence electrons. The summed E-state index contributed by atoms with van der Waals surface area (Å²) in [5.41, 5.74) is 12.4. The molecule has 0 spiro atoms. The zero-order chi connectivity index (χ0) is 46.3. The fraction of sp³-hybridized carbons (Fsp3) is 0.